The quantitative estimate of drug-likeness (QED) is 0.780. The molecule has 0 amide bonds. The van der Waals surface area contributed by atoms with Crippen LogP contribution in [-0.4, -0.2) is 17.0 Å². The van der Waals surface area contributed by atoms with Gasteiger partial charge in [-0.05, 0) is 24.7 Å². The average Bonchev–Trinajstić information content (AvgIpc) is 1.98. The van der Waals surface area contributed by atoms with Crippen molar-refractivity contribution in [3.8, 4) is 0 Å². The smallest absolute Gasteiger partial charge is 0.166 e. The zero-order chi connectivity index (χ0) is 12.3. The maximum atomic E-state index is 11.7. The molecule has 15 heavy (non-hydrogen) atoms. The van der Waals surface area contributed by atoms with Crippen molar-refractivity contribution < 1.29 is 9.90 Å². The highest BCUT2D eigenvalue weighted by Crippen LogP contribution is 2.24. The molecule has 0 aliphatic heterocycles. The molecule has 0 saturated heterocycles. The first-order chi connectivity index (χ1) is 6.54. The molecule has 0 aromatic rings. The predicted molar refractivity (Wildman–Crippen MR) is 63.8 cm³/mol. The fraction of sp³-hybridized carbons (Fsp3) is 0.923. The van der Waals surface area contributed by atoms with Gasteiger partial charge in [0.25, 0.3) is 0 Å². The summed E-state index contributed by atoms with van der Waals surface area (Å²) in [6, 6.07) is 0. The lowest BCUT2D eigenvalue weighted by Crippen LogP contribution is -2.32. The van der Waals surface area contributed by atoms with E-state index in [2.05, 4.69) is 20.8 Å². The fourth-order valence-corrected chi connectivity index (χ4v) is 1.46. The monoisotopic (exact) mass is 214 g/mol. The van der Waals surface area contributed by atoms with Gasteiger partial charge in [0.2, 0.25) is 0 Å². The topological polar surface area (TPSA) is 37.3 Å². The third-order valence-electron chi connectivity index (χ3n) is 2.45. The van der Waals surface area contributed by atoms with Crippen LogP contribution in [0.5, 0.6) is 0 Å². The number of aliphatic hydroxyl groups excluding tert-OH is 1. The van der Waals surface area contributed by atoms with Gasteiger partial charge in [0.15, 0.2) is 5.78 Å². The normalized spacial score (nSPS) is 15.1. The van der Waals surface area contributed by atoms with Crippen LogP contribution in [0.25, 0.3) is 0 Å². The molecule has 0 aromatic carbocycles. The van der Waals surface area contributed by atoms with Crippen LogP contribution in [0.2, 0.25) is 0 Å². The van der Waals surface area contributed by atoms with Gasteiger partial charge in [-0.2, -0.15) is 0 Å². The van der Waals surface area contributed by atoms with Crippen LogP contribution < -0.4 is 0 Å². The van der Waals surface area contributed by atoms with Crippen LogP contribution >= 0.6 is 0 Å². The molecule has 0 heterocycles. The van der Waals surface area contributed by atoms with E-state index >= 15 is 0 Å². The molecule has 90 valence electrons. The van der Waals surface area contributed by atoms with Crippen LogP contribution in [0.4, 0.5) is 0 Å². The van der Waals surface area contributed by atoms with Crippen LogP contribution in [0.1, 0.15) is 60.8 Å². The molecule has 0 aliphatic rings. The predicted octanol–water partition coefficient (Wildman–Crippen LogP) is 3.18. The minimum atomic E-state index is -0.785. The molecule has 0 unspecified atom stereocenters. The first-order valence-electron chi connectivity index (χ1n) is 5.76. The van der Waals surface area contributed by atoms with E-state index in [1.54, 1.807) is 0 Å². The first-order valence-corrected chi connectivity index (χ1v) is 5.76. The molecule has 0 aliphatic carbocycles. The van der Waals surface area contributed by atoms with Crippen LogP contribution in [0.3, 0.4) is 0 Å². The van der Waals surface area contributed by atoms with Gasteiger partial charge in [-0.1, -0.05) is 41.5 Å². The van der Waals surface area contributed by atoms with E-state index in [0.29, 0.717) is 6.42 Å². The third kappa shape index (κ3) is 6.67. The highest BCUT2D eigenvalue weighted by molar-refractivity contribution is 5.87. The molecule has 0 rings (SSSR count). The van der Waals surface area contributed by atoms with E-state index in [1.807, 2.05) is 20.8 Å². The largest absolute Gasteiger partial charge is 0.385 e. The van der Waals surface area contributed by atoms with Crippen molar-refractivity contribution in [2.75, 3.05) is 0 Å². The summed E-state index contributed by atoms with van der Waals surface area (Å²) in [6.07, 6.45) is 1.76. The Bertz CT molecular complexity index is 206. The standard InChI is InChI=1S/C13H26O2/c1-12(2,3)9-7-8-10(14)11(15)13(4,5)6/h10,14H,7-9H2,1-6H3/t10-/m0/s1. The molecule has 0 fully saturated rings. The molecule has 0 aromatic heterocycles. The van der Waals surface area contributed by atoms with Gasteiger partial charge in [0.1, 0.15) is 6.10 Å². The number of hydrogen-bond acceptors (Lipinski definition) is 2. The van der Waals surface area contributed by atoms with Gasteiger partial charge < -0.3 is 5.11 Å². The summed E-state index contributed by atoms with van der Waals surface area (Å²) in [5.74, 6) is -0.0450. The summed E-state index contributed by atoms with van der Waals surface area (Å²) in [6.45, 7) is 12.1. The average molecular weight is 214 g/mol. The minimum Gasteiger partial charge on any atom is -0.385 e. The second-order valence-corrected chi connectivity index (χ2v) is 6.58. The first kappa shape index (κ1) is 14.6. The lowest BCUT2D eigenvalue weighted by atomic mass is 9.84. The number of aliphatic hydroxyl groups is 1. The number of rotatable bonds is 4. The fourth-order valence-electron chi connectivity index (χ4n) is 1.46. The molecule has 0 radical (unpaired) electrons. The molecular formula is C13H26O2. The number of hydrogen-bond donors (Lipinski definition) is 1. The van der Waals surface area contributed by atoms with Gasteiger partial charge in [-0.25, -0.2) is 0 Å². The Labute approximate surface area is 94.1 Å². The molecule has 0 bridgehead atoms. The molecule has 1 N–H and O–H groups in total. The highest BCUT2D eigenvalue weighted by Gasteiger charge is 2.27. The van der Waals surface area contributed by atoms with E-state index in [-0.39, 0.29) is 11.2 Å². The van der Waals surface area contributed by atoms with Crippen molar-refractivity contribution in [3.63, 3.8) is 0 Å². The molecule has 2 heteroatoms. The third-order valence-corrected chi connectivity index (χ3v) is 2.45. The Balaban J connectivity index is 3.96. The summed E-state index contributed by atoms with van der Waals surface area (Å²) in [7, 11) is 0. The van der Waals surface area contributed by atoms with Crippen molar-refractivity contribution in [1.82, 2.24) is 0 Å². The Morgan fingerprint density at radius 2 is 1.60 bits per heavy atom. The second kappa shape index (κ2) is 5.11. The Hall–Kier alpha value is -0.370. The van der Waals surface area contributed by atoms with Crippen LogP contribution in [-0.2, 0) is 4.79 Å². The van der Waals surface area contributed by atoms with E-state index in [9.17, 15) is 9.90 Å². The van der Waals surface area contributed by atoms with Crippen molar-refractivity contribution in [2.45, 2.75) is 66.9 Å². The number of ketones is 1. The van der Waals surface area contributed by atoms with Crippen LogP contribution in [0.15, 0.2) is 0 Å². The second-order valence-electron chi connectivity index (χ2n) is 6.58. The SMILES string of the molecule is CC(C)(C)CCC[C@H](O)C(=O)C(C)(C)C. The van der Waals surface area contributed by atoms with Gasteiger partial charge in [0.05, 0.1) is 0 Å². The maximum Gasteiger partial charge on any atom is 0.166 e. The number of carbonyl (C=O) groups is 1. The molecular weight excluding hydrogens is 188 g/mol. The van der Waals surface area contributed by atoms with Gasteiger partial charge >= 0.3 is 0 Å². The number of Topliss-reactive ketones (excluding diaryl/α,β-unsaturated/α-hetero) is 1. The van der Waals surface area contributed by atoms with E-state index in [4.69, 9.17) is 0 Å². The van der Waals surface area contributed by atoms with E-state index in [0.717, 1.165) is 12.8 Å². The molecule has 0 spiro atoms. The summed E-state index contributed by atoms with van der Waals surface area (Å²) in [4.78, 5) is 11.7. The van der Waals surface area contributed by atoms with Gasteiger partial charge in [-0.15, -0.1) is 0 Å². The van der Waals surface area contributed by atoms with Crippen LogP contribution in [0, 0.1) is 10.8 Å². The number of carbonyl (C=O) groups excluding carboxylic acids is 1. The summed E-state index contributed by atoms with van der Waals surface area (Å²) < 4.78 is 0. The Morgan fingerprint density at radius 3 is 1.93 bits per heavy atom. The van der Waals surface area contributed by atoms with Crippen molar-refractivity contribution >= 4 is 5.78 Å². The lowest BCUT2D eigenvalue weighted by Gasteiger charge is -2.22. The molecule has 2 nitrogen and oxygen atoms in total. The van der Waals surface area contributed by atoms with Gasteiger partial charge in [0, 0.05) is 5.41 Å². The lowest BCUT2D eigenvalue weighted by molar-refractivity contribution is -0.135. The zero-order valence-electron chi connectivity index (χ0n) is 11.1. The van der Waals surface area contributed by atoms with Gasteiger partial charge in [-0.3, -0.25) is 4.79 Å². The van der Waals surface area contributed by atoms with Crippen molar-refractivity contribution in [3.05, 3.63) is 0 Å². The summed E-state index contributed by atoms with van der Waals surface area (Å²) in [5.41, 5.74) is -0.147. The summed E-state index contributed by atoms with van der Waals surface area (Å²) in [5, 5.41) is 9.70. The van der Waals surface area contributed by atoms with Crippen molar-refractivity contribution in [1.29, 1.82) is 0 Å². The molecule has 0 saturated carbocycles. The minimum absolute atomic E-state index is 0.0450. The van der Waals surface area contributed by atoms with E-state index < -0.39 is 11.5 Å². The molecule has 1 atom stereocenters. The zero-order valence-corrected chi connectivity index (χ0v) is 11.1. The Kier molecular flexibility index (Phi) is 4.98. The summed E-state index contributed by atoms with van der Waals surface area (Å²) >= 11 is 0. The Morgan fingerprint density at radius 1 is 1.13 bits per heavy atom. The van der Waals surface area contributed by atoms with Crippen molar-refractivity contribution in [2.24, 2.45) is 10.8 Å². The maximum absolute atomic E-state index is 11.7. The van der Waals surface area contributed by atoms with E-state index in [1.165, 1.54) is 0 Å². The highest BCUT2D eigenvalue weighted by atomic mass is 16.3.